The van der Waals surface area contributed by atoms with Gasteiger partial charge in [-0.25, -0.2) is 0 Å². The van der Waals surface area contributed by atoms with Crippen molar-refractivity contribution in [2.75, 3.05) is 0 Å². The van der Waals surface area contributed by atoms with Crippen molar-refractivity contribution >= 4 is 51.0 Å². The molecule has 3 N–H and O–H groups in total. The minimum absolute atomic E-state index is 1.25. The molecule has 3 atom stereocenters. The molecule has 0 aliphatic carbocycles. The van der Waals surface area contributed by atoms with Crippen LogP contribution in [0.5, 0.6) is 0 Å². The third-order valence-corrected chi connectivity index (χ3v) is 4.39. The summed E-state index contributed by atoms with van der Waals surface area (Å²) in [6.45, 7) is 6.26. The molecule has 3 unspecified atom stereocenters. The lowest BCUT2D eigenvalue weighted by atomic mass is 10.2. The number of rotatable bonds is 0. The average molecular weight is 434 g/mol. The van der Waals surface area contributed by atoms with Crippen molar-refractivity contribution in [3.8, 4) is 0 Å². The maximum Gasteiger partial charge on any atom is 0.631 e. The maximum atomic E-state index is 7.17. The molecule has 0 heterocycles. The van der Waals surface area contributed by atoms with Gasteiger partial charge in [0.05, 0.1) is 0 Å². The van der Waals surface area contributed by atoms with Crippen LogP contribution >= 0.6 is 27.7 Å². The minimum Gasteiger partial charge on any atom is -0.402 e. The Morgan fingerprint density at radius 1 is 0.464 bits per heavy atom. The van der Waals surface area contributed by atoms with Gasteiger partial charge in [0, 0.05) is 0 Å². The molecule has 0 spiro atoms. The van der Waals surface area contributed by atoms with E-state index < -0.39 is 7.32 Å². The van der Waals surface area contributed by atoms with Crippen molar-refractivity contribution in [1.82, 2.24) is 0 Å². The molecule has 150 valence electrons. The number of hydrogen-bond donors (Lipinski definition) is 3. The Balaban J connectivity index is 0.000000358. The van der Waals surface area contributed by atoms with E-state index in [0.29, 0.717) is 0 Å². The number of aryl methyl sites for hydroxylation is 3. The molecule has 7 heteroatoms. The topological polar surface area (TPSA) is 60.7 Å². The van der Waals surface area contributed by atoms with Crippen LogP contribution < -0.4 is 15.9 Å². The van der Waals surface area contributed by atoms with Gasteiger partial charge in [-0.05, 0) is 36.7 Å². The fourth-order valence-electron chi connectivity index (χ4n) is 1.70. The van der Waals surface area contributed by atoms with Crippen LogP contribution in [0.15, 0.2) is 72.8 Å². The lowest BCUT2D eigenvalue weighted by molar-refractivity contribution is 0.278. The SMILES string of the molecule is Cc1ccc(P)cc1.Cc1ccc(P)cc1.Cc1ccc(P)cc1.OB(O)O. The Kier molecular flexibility index (Phi) is 15.2. The molecule has 0 bridgehead atoms. The van der Waals surface area contributed by atoms with Crippen LogP contribution in [0.2, 0.25) is 0 Å². The van der Waals surface area contributed by atoms with E-state index in [4.69, 9.17) is 15.1 Å². The lowest BCUT2D eigenvalue weighted by Crippen LogP contribution is -2.07. The second-order valence-corrected chi connectivity index (χ2v) is 8.08. The normalized spacial score (nSPS) is 8.89. The highest BCUT2D eigenvalue weighted by atomic mass is 31.0. The summed E-state index contributed by atoms with van der Waals surface area (Å²) in [5.41, 5.74) is 3.95. The van der Waals surface area contributed by atoms with E-state index in [0.717, 1.165) is 0 Å². The smallest absolute Gasteiger partial charge is 0.402 e. The van der Waals surface area contributed by atoms with Gasteiger partial charge >= 0.3 is 7.32 Å². The van der Waals surface area contributed by atoms with E-state index in [-0.39, 0.29) is 0 Å². The van der Waals surface area contributed by atoms with Crippen molar-refractivity contribution < 1.29 is 15.1 Å². The Bertz CT molecular complexity index is 593. The third-order valence-electron chi connectivity index (χ3n) is 3.23. The van der Waals surface area contributed by atoms with Gasteiger partial charge in [0.15, 0.2) is 0 Å². The second kappa shape index (κ2) is 15.8. The summed E-state index contributed by atoms with van der Waals surface area (Å²) in [6, 6.07) is 25.1. The van der Waals surface area contributed by atoms with E-state index in [1.54, 1.807) is 0 Å². The van der Waals surface area contributed by atoms with E-state index in [9.17, 15) is 0 Å². The van der Waals surface area contributed by atoms with Crippen molar-refractivity contribution in [2.24, 2.45) is 0 Å². The van der Waals surface area contributed by atoms with Gasteiger partial charge in [0.1, 0.15) is 0 Å². The Labute approximate surface area is 176 Å². The summed E-state index contributed by atoms with van der Waals surface area (Å²) in [5.74, 6) is 0. The fourth-order valence-corrected chi connectivity index (χ4v) is 2.28. The molecule has 0 saturated heterocycles. The van der Waals surface area contributed by atoms with Gasteiger partial charge in [-0.1, -0.05) is 89.5 Å². The van der Waals surface area contributed by atoms with E-state index >= 15 is 0 Å². The first-order valence-corrected chi connectivity index (χ1v) is 10.3. The highest BCUT2D eigenvalue weighted by Gasteiger charge is 1.92. The molecule has 0 amide bonds. The van der Waals surface area contributed by atoms with Crippen molar-refractivity contribution in [3.05, 3.63) is 89.5 Å². The lowest BCUT2D eigenvalue weighted by Gasteiger charge is -1.89. The van der Waals surface area contributed by atoms with E-state index in [2.05, 4.69) is 121 Å². The van der Waals surface area contributed by atoms with Crippen LogP contribution in [0, 0.1) is 20.8 Å². The molecule has 0 fully saturated rings. The summed E-state index contributed by atoms with van der Waals surface area (Å²) in [7, 11) is 5.79. The minimum atomic E-state index is -2.17. The fraction of sp³-hybridized carbons (Fsp3) is 0.143. The van der Waals surface area contributed by atoms with Gasteiger partial charge < -0.3 is 15.1 Å². The summed E-state index contributed by atoms with van der Waals surface area (Å²) in [4.78, 5) is 0. The summed E-state index contributed by atoms with van der Waals surface area (Å²) in [6.07, 6.45) is 0. The Morgan fingerprint density at radius 3 is 0.714 bits per heavy atom. The highest BCUT2D eigenvalue weighted by Crippen LogP contribution is 1.96. The first-order valence-electron chi connectivity index (χ1n) is 8.60. The zero-order valence-electron chi connectivity index (χ0n) is 16.6. The van der Waals surface area contributed by atoms with Crippen molar-refractivity contribution in [2.45, 2.75) is 20.8 Å². The molecule has 3 nitrogen and oxygen atoms in total. The molecule has 0 radical (unpaired) electrons. The standard InChI is InChI=1S/3C7H9P.BH3O3/c3*1-6-2-4-7(8)5-3-6;2-1(3)4/h3*2-5H,8H2,1H3;2-4H. The van der Waals surface area contributed by atoms with Crippen LogP contribution in [0.4, 0.5) is 0 Å². The molecule has 0 aliphatic heterocycles. The van der Waals surface area contributed by atoms with Crippen LogP contribution in [-0.4, -0.2) is 22.4 Å². The Hall–Kier alpha value is -1.11. The van der Waals surface area contributed by atoms with Gasteiger partial charge in [0.25, 0.3) is 0 Å². The molecular weight excluding hydrogens is 404 g/mol. The van der Waals surface area contributed by atoms with E-state index in [1.807, 2.05) is 0 Å². The summed E-state index contributed by atoms with van der Waals surface area (Å²) < 4.78 is 0. The zero-order chi connectivity index (χ0) is 21.5. The molecule has 3 rings (SSSR count). The molecule has 28 heavy (non-hydrogen) atoms. The van der Waals surface area contributed by atoms with Crippen molar-refractivity contribution in [3.63, 3.8) is 0 Å². The van der Waals surface area contributed by atoms with Gasteiger partial charge in [-0.2, -0.15) is 0 Å². The molecule has 0 aliphatic rings. The summed E-state index contributed by atoms with van der Waals surface area (Å²) >= 11 is 0. The van der Waals surface area contributed by atoms with Gasteiger partial charge in [-0.3, -0.25) is 0 Å². The summed E-state index contributed by atoms with van der Waals surface area (Å²) in [5, 5.41) is 25.2. The van der Waals surface area contributed by atoms with Crippen molar-refractivity contribution in [1.29, 1.82) is 0 Å². The van der Waals surface area contributed by atoms with Gasteiger partial charge in [-0.15, -0.1) is 27.7 Å². The number of benzene rings is 3. The first kappa shape index (κ1) is 26.9. The zero-order valence-corrected chi connectivity index (χ0v) is 20.0. The van der Waals surface area contributed by atoms with Crippen LogP contribution in [0.3, 0.4) is 0 Å². The van der Waals surface area contributed by atoms with Crippen LogP contribution in [0.1, 0.15) is 16.7 Å². The second-order valence-electron chi connectivity index (χ2n) is 6.08. The molecule has 0 saturated carbocycles. The maximum absolute atomic E-state index is 7.17. The van der Waals surface area contributed by atoms with Gasteiger partial charge in [0.2, 0.25) is 0 Å². The van der Waals surface area contributed by atoms with Crippen LogP contribution in [0.25, 0.3) is 0 Å². The highest BCUT2D eigenvalue weighted by molar-refractivity contribution is 7.27. The molecular formula is C21H30BO3P3. The predicted octanol–water partition coefficient (Wildman–Crippen LogP) is 2.43. The molecule has 3 aromatic carbocycles. The van der Waals surface area contributed by atoms with Crippen LogP contribution in [-0.2, 0) is 0 Å². The number of hydrogen-bond acceptors (Lipinski definition) is 3. The Morgan fingerprint density at radius 2 is 0.607 bits per heavy atom. The largest absolute Gasteiger partial charge is 0.631 e. The third kappa shape index (κ3) is 17.0. The molecule has 0 aromatic heterocycles. The average Bonchev–Trinajstić information content (AvgIpc) is 2.63. The monoisotopic (exact) mass is 434 g/mol. The quantitative estimate of drug-likeness (QED) is 0.377. The molecule has 3 aromatic rings. The van der Waals surface area contributed by atoms with E-state index in [1.165, 1.54) is 32.6 Å². The predicted molar refractivity (Wildman–Crippen MR) is 134 cm³/mol. The first-order chi connectivity index (χ1) is 13.1.